The molecule has 2 aromatic heterocycles. The Morgan fingerprint density at radius 2 is 2.35 bits per heavy atom. The fourth-order valence-electron chi connectivity index (χ4n) is 3.53. The van der Waals surface area contributed by atoms with Gasteiger partial charge in [0.15, 0.2) is 5.82 Å². The fourth-order valence-corrected chi connectivity index (χ4v) is 3.53. The molecule has 1 aliphatic carbocycles. The molecule has 120 valence electrons. The monoisotopic (exact) mass is 312 g/mol. The minimum Gasteiger partial charge on any atom is -0.342 e. The van der Waals surface area contributed by atoms with E-state index in [2.05, 4.69) is 21.2 Å². The molecule has 1 saturated carbocycles. The van der Waals surface area contributed by atoms with Crippen molar-refractivity contribution in [2.45, 2.75) is 38.0 Å². The molecule has 0 spiro atoms. The number of carbonyl (C=O) groups is 1. The Kier molecular flexibility index (Phi) is 3.59. The highest BCUT2D eigenvalue weighted by atomic mass is 16.5. The predicted octanol–water partition coefficient (Wildman–Crippen LogP) is 2.28. The van der Waals surface area contributed by atoms with Crippen molar-refractivity contribution >= 4 is 5.91 Å². The first-order chi connectivity index (χ1) is 11.2. The van der Waals surface area contributed by atoms with Gasteiger partial charge in [-0.1, -0.05) is 11.2 Å². The van der Waals surface area contributed by atoms with E-state index in [-0.39, 0.29) is 17.7 Å². The molecule has 6 heteroatoms. The first-order valence-electron chi connectivity index (χ1n) is 8.21. The molecule has 2 fully saturated rings. The number of likely N-dealkylation sites (tertiary alicyclic amines) is 1. The number of aryl methyl sites for hydroxylation is 1. The zero-order valence-corrected chi connectivity index (χ0v) is 13.2. The second-order valence-corrected chi connectivity index (χ2v) is 6.53. The number of hydrogen-bond donors (Lipinski definition) is 0. The molecule has 0 radical (unpaired) electrons. The lowest BCUT2D eigenvalue weighted by Crippen LogP contribution is -2.40. The van der Waals surface area contributed by atoms with Crippen LogP contribution in [0.5, 0.6) is 0 Å². The number of carbonyl (C=O) groups excluding carboxylic acids is 1. The van der Waals surface area contributed by atoms with Crippen LogP contribution < -0.4 is 0 Å². The maximum absolute atomic E-state index is 12.8. The van der Waals surface area contributed by atoms with E-state index in [1.165, 1.54) is 5.56 Å². The highest BCUT2D eigenvalue weighted by Crippen LogP contribution is 2.48. The topological polar surface area (TPSA) is 72.1 Å². The summed E-state index contributed by atoms with van der Waals surface area (Å²) in [6, 6.07) is 4.00. The summed E-state index contributed by atoms with van der Waals surface area (Å²) < 4.78 is 5.08. The van der Waals surface area contributed by atoms with Gasteiger partial charge >= 0.3 is 0 Å². The molecule has 2 aliphatic rings. The Bertz CT molecular complexity index is 700. The summed E-state index contributed by atoms with van der Waals surface area (Å²) >= 11 is 0. The van der Waals surface area contributed by atoms with Gasteiger partial charge in [0.1, 0.15) is 0 Å². The zero-order chi connectivity index (χ0) is 15.8. The summed E-state index contributed by atoms with van der Waals surface area (Å²) in [6.07, 6.45) is 6.59. The molecule has 0 N–H and O–H groups in total. The average Bonchev–Trinajstić information content (AvgIpc) is 3.29. The fraction of sp³-hybridized carbons (Fsp3) is 0.529. The largest absolute Gasteiger partial charge is 0.342 e. The Morgan fingerprint density at radius 3 is 3.09 bits per heavy atom. The molecule has 2 aromatic rings. The average molecular weight is 312 g/mol. The number of rotatable bonds is 3. The number of nitrogens with zero attached hydrogens (tertiary/aromatic N) is 4. The molecule has 0 bridgehead atoms. The maximum Gasteiger partial charge on any atom is 0.226 e. The van der Waals surface area contributed by atoms with Gasteiger partial charge in [-0.25, -0.2) is 0 Å². The van der Waals surface area contributed by atoms with Crippen LogP contribution in [-0.4, -0.2) is 39.0 Å². The molecular formula is C17H20N4O2. The Morgan fingerprint density at radius 1 is 1.43 bits per heavy atom. The molecule has 0 unspecified atom stereocenters. The summed E-state index contributed by atoms with van der Waals surface area (Å²) in [4.78, 5) is 23.2. The molecule has 1 aliphatic heterocycles. The van der Waals surface area contributed by atoms with E-state index in [9.17, 15) is 4.79 Å². The summed E-state index contributed by atoms with van der Waals surface area (Å²) in [5.74, 6) is 2.24. The number of pyridine rings is 1. The number of piperidine rings is 1. The highest BCUT2D eigenvalue weighted by Gasteiger charge is 2.46. The van der Waals surface area contributed by atoms with Crippen molar-refractivity contribution in [1.29, 1.82) is 0 Å². The predicted molar refractivity (Wildman–Crippen MR) is 82.7 cm³/mol. The number of hydrogen-bond acceptors (Lipinski definition) is 5. The van der Waals surface area contributed by atoms with E-state index >= 15 is 0 Å². The van der Waals surface area contributed by atoms with Crippen molar-refractivity contribution in [1.82, 2.24) is 20.0 Å². The molecule has 23 heavy (non-hydrogen) atoms. The van der Waals surface area contributed by atoms with Gasteiger partial charge in [0, 0.05) is 44.2 Å². The molecule has 0 aromatic carbocycles. The van der Waals surface area contributed by atoms with Crippen LogP contribution >= 0.6 is 0 Å². The van der Waals surface area contributed by atoms with Gasteiger partial charge in [0.05, 0.1) is 0 Å². The minimum atomic E-state index is 0.116. The summed E-state index contributed by atoms with van der Waals surface area (Å²) in [5, 5.41) is 4.02. The second kappa shape index (κ2) is 5.76. The molecule has 3 heterocycles. The first kappa shape index (κ1) is 14.4. The normalized spacial score (nSPS) is 27.0. The maximum atomic E-state index is 12.8. The minimum absolute atomic E-state index is 0.116. The third-order valence-electron chi connectivity index (χ3n) is 4.86. The van der Waals surface area contributed by atoms with Crippen LogP contribution in [0.1, 0.15) is 48.4 Å². The lowest BCUT2D eigenvalue weighted by Gasteiger charge is -2.31. The first-order valence-corrected chi connectivity index (χ1v) is 8.21. The van der Waals surface area contributed by atoms with Crippen molar-refractivity contribution in [3.8, 4) is 0 Å². The number of aromatic nitrogens is 3. The van der Waals surface area contributed by atoms with Crippen LogP contribution in [0.2, 0.25) is 0 Å². The van der Waals surface area contributed by atoms with Gasteiger partial charge in [-0.05, 0) is 36.8 Å². The SMILES string of the molecule is Cc1nc([C@@H]2CCCN(C(=O)[C@H]3C[C@H]3c3cccnc3)C2)no1. The Balaban J connectivity index is 1.41. The third-order valence-corrected chi connectivity index (χ3v) is 4.86. The second-order valence-electron chi connectivity index (χ2n) is 6.53. The van der Waals surface area contributed by atoms with Gasteiger partial charge in [-0.2, -0.15) is 4.98 Å². The molecular weight excluding hydrogens is 292 g/mol. The van der Waals surface area contributed by atoms with Crippen LogP contribution in [0.25, 0.3) is 0 Å². The Hall–Kier alpha value is -2.24. The summed E-state index contributed by atoms with van der Waals surface area (Å²) in [5.41, 5.74) is 1.17. The van der Waals surface area contributed by atoms with Crippen molar-refractivity contribution in [3.05, 3.63) is 41.8 Å². The van der Waals surface area contributed by atoms with Crippen LogP contribution in [0, 0.1) is 12.8 Å². The van der Waals surface area contributed by atoms with Gasteiger partial charge in [0.2, 0.25) is 11.8 Å². The van der Waals surface area contributed by atoms with Gasteiger partial charge in [0.25, 0.3) is 0 Å². The van der Waals surface area contributed by atoms with E-state index in [1.54, 1.807) is 13.1 Å². The molecule has 1 amide bonds. The quantitative estimate of drug-likeness (QED) is 0.869. The lowest BCUT2D eigenvalue weighted by atomic mass is 9.97. The van der Waals surface area contributed by atoms with E-state index in [0.717, 1.165) is 31.6 Å². The molecule has 6 nitrogen and oxygen atoms in total. The van der Waals surface area contributed by atoms with E-state index < -0.39 is 0 Å². The van der Waals surface area contributed by atoms with Crippen molar-refractivity contribution in [2.75, 3.05) is 13.1 Å². The van der Waals surface area contributed by atoms with Crippen molar-refractivity contribution < 1.29 is 9.32 Å². The Labute approximate surface area is 134 Å². The van der Waals surface area contributed by atoms with Gasteiger partial charge < -0.3 is 9.42 Å². The lowest BCUT2D eigenvalue weighted by molar-refractivity contribution is -0.133. The van der Waals surface area contributed by atoms with Crippen LogP contribution in [0.3, 0.4) is 0 Å². The molecule has 3 atom stereocenters. The van der Waals surface area contributed by atoms with Crippen LogP contribution in [0.4, 0.5) is 0 Å². The molecule has 1 saturated heterocycles. The van der Waals surface area contributed by atoms with E-state index in [4.69, 9.17) is 4.52 Å². The van der Waals surface area contributed by atoms with E-state index in [0.29, 0.717) is 18.4 Å². The smallest absolute Gasteiger partial charge is 0.226 e. The zero-order valence-electron chi connectivity index (χ0n) is 13.2. The van der Waals surface area contributed by atoms with Crippen molar-refractivity contribution in [2.24, 2.45) is 5.92 Å². The highest BCUT2D eigenvalue weighted by molar-refractivity contribution is 5.83. The van der Waals surface area contributed by atoms with E-state index in [1.807, 2.05) is 17.2 Å². The van der Waals surface area contributed by atoms with Crippen LogP contribution in [0.15, 0.2) is 29.0 Å². The van der Waals surface area contributed by atoms with Gasteiger partial charge in [-0.3, -0.25) is 9.78 Å². The van der Waals surface area contributed by atoms with Crippen molar-refractivity contribution in [3.63, 3.8) is 0 Å². The van der Waals surface area contributed by atoms with Crippen LogP contribution in [-0.2, 0) is 4.79 Å². The standard InChI is InChI=1S/C17H20N4O2/c1-11-19-16(20-23-11)13-5-3-7-21(10-13)17(22)15-8-14(15)12-4-2-6-18-9-12/h2,4,6,9,13-15H,3,5,7-8,10H2,1H3/t13-,14+,15+/m1/s1. The third kappa shape index (κ3) is 2.85. The molecule has 4 rings (SSSR count). The summed E-state index contributed by atoms with van der Waals surface area (Å²) in [7, 11) is 0. The van der Waals surface area contributed by atoms with Gasteiger partial charge in [-0.15, -0.1) is 0 Å². The number of amides is 1. The summed E-state index contributed by atoms with van der Waals surface area (Å²) in [6.45, 7) is 3.33.